The fourth-order valence-electron chi connectivity index (χ4n) is 0.669. The Kier molecular flexibility index (Phi) is 1.52. The predicted octanol–water partition coefficient (Wildman–Crippen LogP) is 3.37. The Morgan fingerprint density at radius 2 is 0.889 bits per heavy atom. The lowest BCUT2D eigenvalue weighted by molar-refractivity contribution is 0.631. The highest BCUT2D eigenvalue weighted by atomic mass is 35.5. The summed E-state index contributed by atoms with van der Waals surface area (Å²) in [7, 11) is 0. The third-order valence-electron chi connectivity index (χ3n) is 1.90. The first-order valence-corrected chi connectivity index (χ1v) is 4.02. The molecule has 0 heterocycles. The van der Waals surface area contributed by atoms with Crippen LogP contribution in [0.3, 0.4) is 0 Å². The van der Waals surface area contributed by atoms with Gasteiger partial charge in [-0.1, -0.05) is 60.3 Å². The molecule has 0 amide bonds. The molecule has 0 bridgehead atoms. The molecule has 1 aliphatic carbocycles. The highest BCUT2D eigenvalue weighted by Gasteiger charge is 2.81. The van der Waals surface area contributed by atoms with Crippen molar-refractivity contribution in [3.8, 4) is 0 Å². The first-order chi connectivity index (χ1) is 3.75. The van der Waals surface area contributed by atoms with E-state index in [4.69, 9.17) is 46.4 Å². The fourth-order valence-corrected chi connectivity index (χ4v) is 2.19. The van der Waals surface area contributed by atoms with Crippen LogP contribution in [-0.4, -0.2) is 8.67 Å². The molecular formula is C5H6Cl4. The second-order valence-corrected chi connectivity index (χ2v) is 5.43. The van der Waals surface area contributed by atoms with E-state index in [-0.39, 0.29) is 0 Å². The van der Waals surface area contributed by atoms with E-state index in [9.17, 15) is 0 Å². The average molecular weight is 208 g/mol. The van der Waals surface area contributed by atoms with Gasteiger partial charge in [0.25, 0.3) is 0 Å². The minimum atomic E-state index is -0.983. The minimum absolute atomic E-state index is 0.397. The second kappa shape index (κ2) is 1.66. The van der Waals surface area contributed by atoms with Crippen LogP contribution in [0, 0.1) is 5.41 Å². The molecule has 0 atom stereocenters. The maximum atomic E-state index is 5.73. The fraction of sp³-hybridized carbons (Fsp3) is 1.00. The molecule has 1 saturated carbocycles. The summed E-state index contributed by atoms with van der Waals surface area (Å²) in [5.74, 6) is 0. The van der Waals surface area contributed by atoms with Gasteiger partial charge < -0.3 is 0 Å². The molecule has 0 aromatic carbocycles. The van der Waals surface area contributed by atoms with Crippen molar-refractivity contribution in [3.63, 3.8) is 0 Å². The van der Waals surface area contributed by atoms with Gasteiger partial charge in [-0.2, -0.15) is 0 Å². The molecule has 0 N–H and O–H groups in total. The zero-order valence-electron chi connectivity index (χ0n) is 5.01. The number of rotatable bonds is 0. The van der Waals surface area contributed by atoms with Crippen LogP contribution in [0.4, 0.5) is 0 Å². The lowest BCUT2D eigenvalue weighted by Gasteiger charge is -1.97. The van der Waals surface area contributed by atoms with Gasteiger partial charge in [-0.05, 0) is 0 Å². The monoisotopic (exact) mass is 206 g/mol. The molecule has 0 saturated heterocycles. The predicted molar refractivity (Wildman–Crippen MR) is 42.7 cm³/mol. The highest BCUT2D eigenvalue weighted by Crippen LogP contribution is 2.77. The van der Waals surface area contributed by atoms with Crippen molar-refractivity contribution >= 4 is 46.4 Å². The van der Waals surface area contributed by atoms with E-state index in [1.54, 1.807) is 0 Å². The van der Waals surface area contributed by atoms with Crippen molar-refractivity contribution in [1.29, 1.82) is 0 Å². The van der Waals surface area contributed by atoms with Gasteiger partial charge in [0.2, 0.25) is 0 Å². The van der Waals surface area contributed by atoms with Gasteiger partial charge in [-0.15, -0.1) is 0 Å². The Hall–Kier alpha value is 1.16. The first kappa shape index (κ1) is 8.26. The molecule has 9 heavy (non-hydrogen) atoms. The van der Waals surface area contributed by atoms with Crippen molar-refractivity contribution in [2.75, 3.05) is 0 Å². The van der Waals surface area contributed by atoms with Gasteiger partial charge in [0.05, 0.1) is 0 Å². The van der Waals surface area contributed by atoms with Crippen LogP contribution in [0.1, 0.15) is 13.8 Å². The van der Waals surface area contributed by atoms with E-state index < -0.39 is 14.1 Å². The standard InChI is InChI=1S/C5H6Cl4/c1-3(2)4(6,7)5(3,8)9/h1-2H3. The van der Waals surface area contributed by atoms with E-state index in [1.165, 1.54) is 0 Å². The van der Waals surface area contributed by atoms with Crippen LogP contribution >= 0.6 is 46.4 Å². The highest BCUT2D eigenvalue weighted by molar-refractivity contribution is 6.68. The molecule has 1 fully saturated rings. The zero-order chi connectivity index (χ0) is 7.50. The van der Waals surface area contributed by atoms with Crippen molar-refractivity contribution in [1.82, 2.24) is 0 Å². The number of hydrogen-bond donors (Lipinski definition) is 0. The summed E-state index contributed by atoms with van der Waals surface area (Å²) in [5, 5.41) is 0. The maximum absolute atomic E-state index is 5.73. The molecule has 0 aromatic heterocycles. The Bertz CT molecular complexity index is 107. The van der Waals surface area contributed by atoms with Gasteiger partial charge in [-0.25, -0.2) is 0 Å². The molecule has 0 aliphatic heterocycles. The molecule has 0 nitrogen and oxygen atoms in total. The Labute approximate surface area is 74.4 Å². The summed E-state index contributed by atoms with van der Waals surface area (Å²) in [6.45, 7) is 3.65. The molecule has 54 valence electrons. The Morgan fingerprint density at radius 1 is 0.778 bits per heavy atom. The van der Waals surface area contributed by atoms with Gasteiger partial charge in [0, 0.05) is 5.41 Å². The number of hydrogen-bond acceptors (Lipinski definition) is 0. The van der Waals surface area contributed by atoms with E-state index >= 15 is 0 Å². The van der Waals surface area contributed by atoms with Crippen molar-refractivity contribution < 1.29 is 0 Å². The molecule has 0 aromatic rings. The van der Waals surface area contributed by atoms with Crippen LogP contribution in [-0.2, 0) is 0 Å². The molecule has 1 rings (SSSR count). The molecule has 0 spiro atoms. The van der Waals surface area contributed by atoms with Gasteiger partial charge in [0.1, 0.15) is 0 Å². The Balaban J connectivity index is 2.91. The number of alkyl halides is 4. The SMILES string of the molecule is CC1(C)C(Cl)(Cl)C1(Cl)Cl. The van der Waals surface area contributed by atoms with E-state index in [1.807, 2.05) is 13.8 Å². The third kappa shape index (κ3) is 0.686. The lowest BCUT2D eigenvalue weighted by atomic mass is 10.2. The summed E-state index contributed by atoms with van der Waals surface area (Å²) in [5.41, 5.74) is -0.397. The second-order valence-electron chi connectivity index (χ2n) is 2.77. The molecule has 0 unspecified atom stereocenters. The van der Waals surface area contributed by atoms with Gasteiger partial charge in [0.15, 0.2) is 8.67 Å². The van der Waals surface area contributed by atoms with Gasteiger partial charge in [-0.3, -0.25) is 0 Å². The van der Waals surface area contributed by atoms with Gasteiger partial charge >= 0.3 is 0 Å². The summed E-state index contributed by atoms with van der Waals surface area (Å²) >= 11 is 22.9. The normalized spacial score (nSPS) is 34.0. The van der Waals surface area contributed by atoms with Crippen molar-refractivity contribution in [2.24, 2.45) is 5.41 Å². The molecule has 1 aliphatic rings. The van der Waals surface area contributed by atoms with Crippen LogP contribution in [0.2, 0.25) is 0 Å². The molecular weight excluding hydrogens is 202 g/mol. The Morgan fingerprint density at radius 3 is 0.889 bits per heavy atom. The molecule has 0 radical (unpaired) electrons. The van der Waals surface area contributed by atoms with Crippen LogP contribution in [0.15, 0.2) is 0 Å². The summed E-state index contributed by atoms with van der Waals surface area (Å²) in [6, 6.07) is 0. The minimum Gasteiger partial charge on any atom is -0.0975 e. The topological polar surface area (TPSA) is 0 Å². The number of halogens is 4. The smallest absolute Gasteiger partial charge is 0.0975 e. The van der Waals surface area contributed by atoms with Crippen molar-refractivity contribution in [2.45, 2.75) is 22.5 Å². The molecule has 4 heteroatoms. The summed E-state index contributed by atoms with van der Waals surface area (Å²) in [4.78, 5) is 0. The van der Waals surface area contributed by atoms with Crippen LogP contribution in [0.25, 0.3) is 0 Å². The largest absolute Gasteiger partial charge is 0.159 e. The summed E-state index contributed by atoms with van der Waals surface area (Å²) in [6.07, 6.45) is 0. The first-order valence-electron chi connectivity index (χ1n) is 2.51. The maximum Gasteiger partial charge on any atom is 0.159 e. The van der Waals surface area contributed by atoms with Crippen LogP contribution in [0.5, 0.6) is 0 Å². The quantitative estimate of drug-likeness (QED) is 0.535. The average Bonchev–Trinajstić information content (AvgIpc) is 1.84. The third-order valence-corrected chi connectivity index (χ3v) is 5.31. The van der Waals surface area contributed by atoms with Crippen molar-refractivity contribution in [3.05, 3.63) is 0 Å². The zero-order valence-corrected chi connectivity index (χ0v) is 8.04. The van der Waals surface area contributed by atoms with E-state index in [0.717, 1.165) is 0 Å². The summed E-state index contributed by atoms with van der Waals surface area (Å²) < 4.78 is -1.97. The van der Waals surface area contributed by atoms with E-state index in [0.29, 0.717) is 0 Å². The van der Waals surface area contributed by atoms with E-state index in [2.05, 4.69) is 0 Å². The lowest BCUT2D eigenvalue weighted by Crippen LogP contribution is -1.96. The van der Waals surface area contributed by atoms with Crippen LogP contribution < -0.4 is 0 Å².